The van der Waals surface area contributed by atoms with Crippen LogP contribution >= 0.6 is 22.7 Å². The van der Waals surface area contributed by atoms with Crippen molar-refractivity contribution in [2.75, 3.05) is 58.5 Å². The summed E-state index contributed by atoms with van der Waals surface area (Å²) in [6.07, 6.45) is 0.985. The molecular formula is C46H64FN7O5S2Si2. The van der Waals surface area contributed by atoms with E-state index in [1.807, 2.05) is 39.2 Å². The highest BCUT2D eigenvalue weighted by Crippen LogP contribution is 2.36. The fourth-order valence-corrected chi connectivity index (χ4v) is 9.71. The number of nitrogens with zero attached hydrogens (tertiary/aromatic N) is 7. The van der Waals surface area contributed by atoms with Crippen LogP contribution in [0.25, 0.3) is 10.2 Å². The molecule has 0 atom stereocenters. The normalized spacial score (nSPS) is 12.5. The number of para-hydroxylation sites is 1. The molecule has 0 saturated carbocycles. The number of benzene rings is 2. The number of hydrogen-bond acceptors (Lipinski definition) is 13. The molecule has 0 bridgehead atoms. The van der Waals surface area contributed by atoms with E-state index in [1.165, 1.54) is 17.4 Å². The maximum absolute atomic E-state index is 15.1. The van der Waals surface area contributed by atoms with E-state index in [9.17, 15) is 4.79 Å². The van der Waals surface area contributed by atoms with Crippen LogP contribution in [0, 0.1) is 24.6 Å². The second-order valence-corrected chi connectivity index (χ2v) is 30.7. The first kappa shape index (κ1) is 49.7. The second-order valence-electron chi connectivity index (χ2n) is 18.2. The molecule has 0 aliphatic carbocycles. The number of esters is 1. The van der Waals surface area contributed by atoms with Crippen molar-refractivity contribution in [2.24, 2.45) is 4.99 Å². The molecule has 3 heterocycles. The molecule has 0 aliphatic heterocycles. The van der Waals surface area contributed by atoms with E-state index < -0.39 is 28.2 Å². The Hall–Kier alpha value is -4.29. The first-order valence-electron chi connectivity index (χ1n) is 21.5. The summed E-state index contributed by atoms with van der Waals surface area (Å²) in [6, 6.07) is 15.9. The highest BCUT2D eigenvalue weighted by molar-refractivity contribution is 7.16. The van der Waals surface area contributed by atoms with Gasteiger partial charge in [-0.2, -0.15) is 4.99 Å². The minimum Gasteiger partial charge on any atom is -0.491 e. The average Bonchev–Trinajstić information content (AvgIpc) is 3.80. The molecule has 0 radical (unpaired) electrons. The third-order valence-corrected chi connectivity index (χ3v) is 19.3. The first-order chi connectivity index (χ1) is 29.8. The van der Waals surface area contributed by atoms with Crippen molar-refractivity contribution in [1.29, 1.82) is 0 Å². The zero-order valence-corrected chi connectivity index (χ0v) is 42.7. The maximum Gasteiger partial charge on any atom is 0.358 e. The van der Waals surface area contributed by atoms with Crippen molar-refractivity contribution < 1.29 is 27.8 Å². The van der Waals surface area contributed by atoms with E-state index in [1.54, 1.807) is 35.3 Å². The largest absolute Gasteiger partial charge is 0.491 e. The number of carbonyl (C=O) groups is 1. The van der Waals surface area contributed by atoms with E-state index in [0.717, 1.165) is 38.0 Å². The average molecular weight is 934 g/mol. The van der Waals surface area contributed by atoms with Crippen molar-refractivity contribution in [3.63, 3.8) is 0 Å². The molecule has 0 amide bonds. The predicted molar refractivity (Wildman–Crippen MR) is 260 cm³/mol. The maximum atomic E-state index is 15.1. The Labute approximate surface area is 382 Å². The predicted octanol–water partition coefficient (Wildman–Crippen LogP) is 10.2. The number of rotatable bonds is 20. The summed E-state index contributed by atoms with van der Waals surface area (Å²) in [5, 5.41) is 9.77. The number of thiazole rings is 2. The van der Waals surface area contributed by atoms with Gasteiger partial charge in [0.15, 0.2) is 47.1 Å². The van der Waals surface area contributed by atoms with E-state index in [0.29, 0.717) is 61.7 Å². The quantitative estimate of drug-likeness (QED) is 0.0323. The second kappa shape index (κ2) is 22.1. The molecule has 0 fully saturated rings. The van der Waals surface area contributed by atoms with Gasteiger partial charge in [-0.1, -0.05) is 75.7 Å². The molecule has 5 rings (SSSR count). The van der Waals surface area contributed by atoms with Crippen LogP contribution in [-0.2, 0) is 27.1 Å². The van der Waals surface area contributed by atoms with E-state index in [4.69, 9.17) is 23.6 Å². The van der Waals surface area contributed by atoms with E-state index in [-0.39, 0.29) is 29.7 Å². The lowest BCUT2D eigenvalue weighted by Crippen LogP contribution is -2.42. The van der Waals surface area contributed by atoms with Crippen LogP contribution in [0.3, 0.4) is 0 Å². The smallest absolute Gasteiger partial charge is 0.358 e. The Bertz CT molecular complexity index is 2460. The summed E-state index contributed by atoms with van der Waals surface area (Å²) in [6.45, 7) is 25.4. The van der Waals surface area contributed by atoms with Gasteiger partial charge in [-0.05, 0) is 99.9 Å². The molecular weight excluding hydrogens is 870 g/mol. The Balaban J connectivity index is 1.20. The third-order valence-electron chi connectivity index (χ3n) is 10.8. The number of ether oxygens (including phenoxy) is 3. The molecule has 0 aliphatic rings. The SMILES string of the molecule is CCOC(=O)c1nc(N(C)c2cc(C)c(/N=c3\sc4ccccc4n3COCC[Si](C)(C)C)nn2)sc1CCCOc1ccc(C#CCN(C)CCO[Si](C)(C)C(C)(C)C)cc1F. The fraction of sp³-hybridized carbons (Fsp3) is 0.500. The van der Waals surface area contributed by atoms with Crippen LogP contribution in [0.5, 0.6) is 5.75 Å². The van der Waals surface area contributed by atoms with Gasteiger partial charge in [0.1, 0.15) is 6.73 Å². The van der Waals surface area contributed by atoms with Gasteiger partial charge < -0.3 is 23.5 Å². The molecule has 340 valence electrons. The summed E-state index contributed by atoms with van der Waals surface area (Å²) in [4.78, 5) is 28.1. The monoisotopic (exact) mass is 933 g/mol. The lowest BCUT2D eigenvalue weighted by molar-refractivity contribution is 0.0519. The van der Waals surface area contributed by atoms with E-state index in [2.05, 4.69) is 102 Å². The van der Waals surface area contributed by atoms with Crippen molar-refractivity contribution >= 4 is 72.0 Å². The fourth-order valence-electron chi connectivity index (χ4n) is 5.84. The van der Waals surface area contributed by atoms with Crippen molar-refractivity contribution in [3.8, 4) is 17.6 Å². The Kier molecular flexibility index (Phi) is 17.4. The van der Waals surface area contributed by atoms with Crippen LogP contribution in [0.15, 0.2) is 53.5 Å². The highest BCUT2D eigenvalue weighted by atomic mass is 32.1. The van der Waals surface area contributed by atoms with Gasteiger partial charge in [-0.3, -0.25) is 9.47 Å². The standard InChI is InChI=1S/C46H64FN7O5S2Si2/c1-13-57-43(55)41-39(21-17-26-58-37-23-22-34(31-35(37)47)18-16-24-52(6)25-27-59-63(11,12)46(3,4)5)61-44(48-41)53(7)40-30-33(2)42(51-50-40)49-45-54(32-56-28-29-62(8,9)10)36-19-14-15-20-38(36)60-45/h14-15,19-20,22-23,30-31H,13,17,21,24-29,32H2,1-12H3/b49-45-. The molecule has 0 N–H and O–H groups in total. The van der Waals surface area contributed by atoms with Gasteiger partial charge in [0.25, 0.3) is 0 Å². The molecule has 0 spiro atoms. The number of carbonyl (C=O) groups excluding carboxylic acids is 1. The summed E-state index contributed by atoms with van der Waals surface area (Å²) in [5.41, 5.74) is 2.70. The summed E-state index contributed by atoms with van der Waals surface area (Å²) >= 11 is 2.95. The minimum atomic E-state index is -1.79. The van der Waals surface area contributed by atoms with Gasteiger partial charge in [0, 0.05) is 45.3 Å². The lowest BCUT2D eigenvalue weighted by Gasteiger charge is -2.36. The number of hydrogen-bond donors (Lipinski definition) is 0. The van der Waals surface area contributed by atoms with Crippen LogP contribution in [0.1, 0.15) is 60.6 Å². The molecule has 0 unspecified atom stereocenters. The van der Waals surface area contributed by atoms with E-state index >= 15 is 4.39 Å². The summed E-state index contributed by atoms with van der Waals surface area (Å²) < 4.78 is 41.9. The summed E-state index contributed by atoms with van der Waals surface area (Å²) in [7, 11) is 0.815. The van der Waals surface area contributed by atoms with Crippen LogP contribution < -0.4 is 14.4 Å². The third kappa shape index (κ3) is 14.1. The Morgan fingerprint density at radius 3 is 2.46 bits per heavy atom. The van der Waals surface area contributed by atoms with Gasteiger partial charge in [-0.25, -0.2) is 14.2 Å². The van der Waals surface area contributed by atoms with Gasteiger partial charge >= 0.3 is 5.97 Å². The van der Waals surface area contributed by atoms with Crippen molar-refractivity contribution in [3.05, 3.63) is 80.8 Å². The number of likely N-dealkylation sites (N-methyl/N-ethyl adjacent to an activating group) is 1. The zero-order chi connectivity index (χ0) is 46.0. The van der Waals surface area contributed by atoms with Gasteiger partial charge in [0.2, 0.25) is 0 Å². The zero-order valence-electron chi connectivity index (χ0n) is 39.1. The molecule has 12 nitrogen and oxygen atoms in total. The van der Waals surface area contributed by atoms with Gasteiger partial charge in [0.05, 0.1) is 30.0 Å². The van der Waals surface area contributed by atoms with Gasteiger partial charge in [-0.15, -0.1) is 21.5 Å². The molecule has 5 aromatic rings. The highest BCUT2D eigenvalue weighted by Gasteiger charge is 2.37. The summed E-state index contributed by atoms with van der Waals surface area (Å²) in [5.74, 6) is 6.40. The first-order valence-corrected chi connectivity index (χ1v) is 29.7. The number of anilines is 2. The number of halogens is 1. The van der Waals surface area contributed by atoms with Crippen LogP contribution in [0.2, 0.25) is 43.8 Å². The molecule has 63 heavy (non-hydrogen) atoms. The topological polar surface area (TPSA) is 116 Å². The number of fused-ring (bicyclic) bond motifs is 1. The van der Waals surface area contributed by atoms with Crippen molar-refractivity contribution in [1.82, 2.24) is 24.6 Å². The van der Waals surface area contributed by atoms with Crippen LogP contribution in [0.4, 0.5) is 21.2 Å². The molecule has 0 saturated heterocycles. The Morgan fingerprint density at radius 2 is 1.76 bits per heavy atom. The van der Waals surface area contributed by atoms with Crippen molar-refractivity contribution in [2.45, 2.75) is 98.0 Å². The lowest BCUT2D eigenvalue weighted by atomic mass is 10.2. The molecule has 2 aromatic carbocycles. The minimum absolute atomic E-state index is 0.146. The molecule has 3 aromatic heterocycles. The Morgan fingerprint density at radius 1 is 1.00 bits per heavy atom. The number of aromatic nitrogens is 4. The number of aryl methyl sites for hydroxylation is 2. The van der Waals surface area contributed by atoms with Crippen LogP contribution in [-0.4, -0.2) is 101 Å². The molecule has 17 heteroatoms.